The maximum Gasteiger partial charge on any atom is 0.130 e. The summed E-state index contributed by atoms with van der Waals surface area (Å²) in [5.74, 6) is 0.785. The minimum atomic E-state index is -0.304. The first-order chi connectivity index (χ1) is 9.31. The molecule has 0 aromatic carbocycles. The highest BCUT2D eigenvalue weighted by atomic mass is 16.3. The summed E-state index contributed by atoms with van der Waals surface area (Å²) in [5, 5.41) is 9.85. The van der Waals surface area contributed by atoms with Gasteiger partial charge in [-0.25, -0.2) is 0 Å². The predicted molar refractivity (Wildman–Crippen MR) is 86.7 cm³/mol. The number of carbonyl (C=O) groups is 1. The molecule has 1 N–H and O–H groups in total. The number of hydrogen-bond acceptors (Lipinski definition) is 2. The Bertz CT molecular complexity index is 337. The van der Waals surface area contributed by atoms with Crippen LogP contribution in [0.4, 0.5) is 0 Å². The number of aliphatic hydroxyl groups is 1. The zero-order valence-electron chi connectivity index (χ0n) is 13.9. The van der Waals surface area contributed by atoms with Crippen molar-refractivity contribution in [3.05, 3.63) is 23.3 Å². The molecule has 0 aliphatic heterocycles. The molecular formula is C18H32O2. The minimum Gasteiger partial charge on any atom is -0.389 e. The second-order valence-corrected chi connectivity index (χ2v) is 6.35. The fraction of sp³-hybridized carbons (Fsp3) is 0.722. The van der Waals surface area contributed by atoms with Gasteiger partial charge >= 0.3 is 0 Å². The van der Waals surface area contributed by atoms with Gasteiger partial charge in [0.25, 0.3) is 0 Å². The third-order valence-corrected chi connectivity index (χ3v) is 3.32. The van der Waals surface area contributed by atoms with Gasteiger partial charge in [0.15, 0.2) is 0 Å². The highest BCUT2D eigenvalue weighted by Crippen LogP contribution is 2.15. The molecule has 0 aliphatic rings. The first-order valence-electron chi connectivity index (χ1n) is 7.81. The quantitative estimate of drug-likeness (QED) is 0.582. The summed E-state index contributed by atoms with van der Waals surface area (Å²) in [6, 6.07) is 0. The van der Waals surface area contributed by atoms with E-state index in [9.17, 15) is 9.90 Å². The Morgan fingerprint density at radius 2 is 1.65 bits per heavy atom. The molecule has 0 saturated heterocycles. The van der Waals surface area contributed by atoms with Crippen LogP contribution < -0.4 is 0 Å². The molecule has 0 amide bonds. The SMILES string of the molecule is CC(=O)CC/C=C(\C)CCC/C(C)=C/C(O)CC(C)C. The summed E-state index contributed by atoms with van der Waals surface area (Å²) in [7, 11) is 0. The molecule has 1 unspecified atom stereocenters. The molecule has 2 heteroatoms. The van der Waals surface area contributed by atoms with Crippen LogP contribution in [0.5, 0.6) is 0 Å². The van der Waals surface area contributed by atoms with Crippen LogP contribution in [-0.4, -0.2) is 17.0 Å². The highest BCUT2D eigenvalue weighted by molar-refractivity contribution is 5.75. The molecule has 0 heterocycles. The van der Waals surface area contributed by atoms with E-state index in [1.54, 1.807) is 6.92 Å². The first kappa shape index (κ1) is 19.1. The number of Topliss-reactive ketones (excluding diaryl/α,β-unsaturated/α-hetero) is 1. The van der Waals surface area contributed by atoms with Crippen molar-refractivity contribution in [1.29, 1.82) is 0 Å². The van der Waals surface area contributed by atoms with Gasteiger partial charge < -0.3 is 9.90 Å². The molecule has 0 radical (unpaired) electrons. The molecule has 2 nitrogen and oxygen atoms in total. The Morgan fingerprint density at radius 3 is 2.20 bits per heavy atom. The second kappa shape index (κ2) is 10.8. The van der Waals surface area contributed by atoms with Crippen molar-refractivity contribution in [2.45, 2.75) is 79.2 Å². The lowest BCUT2D eigenvalue weighted by Crippen LogP contribution is -2.07. The molecule has 0 saturated carbocycles. The van der Waals surface area contributed by atoms with Crippen LogP contribution in [0.15, 0.2) is 23.3 Å². The molecule has 0 aromatic heterocycles. The van der Waals surface area contributed by atoms with Crippen molar-refractivity contribution in [3.63, 3.8) is 0 Å². The molecule has 1 atom stereocenters. The highest BCUT2D eigenvalue weighted by Gasteiger charge is 2.04. The Balaban J connectivity index is 3.92. The summed E-state index contributed by atoms with van der Waals surface area (Å²) >= 11 is 0. The largest absolute Gasteiger partial charge is 0.389 e. The van der Waals surface area contributed by atoms with Crippen LogP contribution in [0.1, 0.15) is 73.1 Å². The Labute approximate surface area is 125 Å². The smallest absolute Gasteiger partial charge is 0.130 e. The number of hydrogen-bond donors (Lipinski definition) is 1. The molecule has 0 aliphatic carbocycles. The molecule has 0 spiro atoms. The summed E-state index contributed by atoms with van der Waals surface area (Å²) in [6.07, 6.45) is 9.43. The van der Waals surface area contributed by atoms with E-state index in [0.717, 1.165) is 32.1 Å². The summed E-state index contributed by atoms with van der Waals surface area (Å²) in [5.41, 5.74) is 2.64. The van der Waals surface area contributed by atoms with E-state index in [1.807, 2.05) is 6.08 Å². The number of rotatable bonds is 10. The van der Waals surface area contributed by atoms with Crippen molar-refractivity contribution in [3.8, 4) is 0 Å². The van der Waals surface area contributed by atoms with Gasteiger partial charge in [0.1, 0.15) is 5.78 Å². The fourth-order valence-corrected chi connectivity index (χ4v) is 2.23. The molecule has 0 aromatic rings. The topological polar surface area (TPSA) is 37.3 Å². The van der Waals surface area contributed by atoms with E-state index in [-0.39, 0.29) is 11.9 Å². The maximum atomic E-state index is 10.8. The Morgan fingerprint density at radius 1 is 1.05 bits per heavy atom. The van der Waals surface area contributed by atoms with E-state index in [1.165, 1.54) is 11.1 Å². The lowest BCUT2D eigenvalue weighted by atomic mass is 10.0. The van der Waals surface area contributed by atoms with E-state index in [2.05, 4.69) is 33.8 Å². The summed E-state index contributed by atoms with van der Waals surface area (Å²) in [4.78, 5) is 10.8. The third-order valence-electron chi connectivity index (χ3n) is 3.32. The van der Waals surface area contributed by atoms with Crippen LogP contribution >= 0.6 is 0 Å². The van der Waals surface area contributed by atoms with Gasteiger partial charge in [-0.2, -0.15) is 0 Å². The number of ketones is 1. The normalized spacial score (nSPS) is 14.8. The zero-order chi connectivity index (χ0) is 15.5. The molecule has 0 bridgehead atoms. The molecule has 116 valence electrons. The van der Waals surface area contributed by atoms with Gasteiger partial charge in [0.2, 0.25) is 0 Å². The van der Waals surface area contributed by atoms with Gasteiger partial charge in [0.05, 0.1) is 6.10 Å². The van der Waals surface area contributed by atoms with Crippen LogP contribution in [0.2, 0.25) is 0 Å². The van der Waals surface area contributed by atoms with Crippen LogP contribution in [0.25, 0.3) is 0 Å². The number of allylic oxidation sites excluding steroid dienone is 3. The van der Waals surface area contributed by atoms with Crippen LogP contribution in [0.3, 0.4) is 0 Å². The van der Waals surface area contributed by atoms with Gasteiger partial charge in [0, 0.05) is 6.42 Å². The van der Waals surface area contributed by atoms with Crippen molar-refractivity contribution in [2.75, 3.05) is 0 Å². The summed E-state index contributed by atoms with van der Waals surface area (Å²) < 4.78 is 0. The number of aliphatic hydroxyl groups excluding tert-OH is 1. The molecule has 20 heavy (non-hydrogen) atoms. The lowest BCUT2D eigenvalue weighted by Gasteiger charge is -2.10. The molecule has 0 rings (SSSR count). The van der Waals surface area contributed by atoms with E-state index in [4.69, 9.17) is 0 Å². The van der Waals surface area contributed by atoms with Crippen molar-refractivity contribution in [2.24, 2.45) is 5.92 Å². The fourth-order valence-electron chi connectivity index (χ4n) is 2.23. The monoisotopic (exact) mass is 280 g/mol. The lowest BCUT2D eigenvalue weighted by molar-refractivity contribution is -0.116. The van der Waals surface area contributed by atoms with E-state index < -0.39 is 0 Å². The predicted octanol–water partition coefficient (Wildman–Crippen LogP) is 4.83. The minimum absolute atomic E-state index is 0.256. The van der Waals surface area contributed by atoms with Crippen molar-refractivity contribution in [1.82, 2.24) is 0 Å². The van der Waals surface area contributed by atoms with Crippen molar-refractivity contribution < 1.29 is 9.90 Å². The average molecular weight is 280 g/mol. The standard InChI is InChI=1S/C18H32O2/c1-14(2)12-18(20)13-16(4)10-6-8-15(3)9-7-11-17(5)19/h9,13-14,18,20H,6-8,10-12H2,1-5H3/b15-9+,16-13+. The zero-order valence-corrected chi connectivity index (χ0v) is 13.9. The molecule has 0 fully saturated rings. The number of carbonyl (C=O) groups excluding carboxylic acids is 1. The van der Waals surface area contributed by atoms with Crippen LogP contribution in [0, 0.1) is 5.92 Å². The van der Waals surface area contributed by atoms with E-state index in [0.29, 0.717) is 12.3 Å². The second-order valence-electron chi connectivity index (χ2n) is 6.35. The van der Waals surface area contributed by atoms with Gasteiger partial charge in [-0.15, -0.1) is 0 Å². The molecular weight excluding hydrogens is 248 g/mol. The van der Waals surface area contributed by atoms with Crippen LogP contribution in [-0.2, 0) is 4.79 Å². The Kier molecular flexibility index (Phi) is 10.4. The van der Waals surface area contributed by atoms with Gasteiger partial charge in [-0.3, -0.25) is 0 Å². The first-order valence-corrected chi connectivity index (χ1v) is 7.81. The maximum absolute atomic E-state index is 10.8. The van der Waals surface area contributed by atoms with Gasteiger partial charge in [-0.05, 0) is 58.8 Å². The average Bonchev–Trinajstić information content (AvgIpc) is 2.26. The van der Waals surface area contributed by atoms with Crippen molar-refractivity contribution >= 4 is 5.78 Å². The Hall–Kier alpha value is -0.890. The van der Waals surface area contributed by atoms with E-state index >= 15 is 0 Å². The van der Waals surface area contributed by atoms with Gasteiger partial charge in [-0.1, -0.05) is 37.1 Å². The summed E-state index contributed by atoms with van der Waals surface area (Å²) in [6.45, 7) is 10.1. The third kappa shape index (κ3) is 12.2.